The zero-order valence-corrected chi connectivity index (χ0v) is 11.6. The summed E-state index contributed by atoms with van der Waals surface area (Å²) in [6.45, 7) is 10.7. The van der Waals surface area contributed by atoms with Gasteiger partial charge in [0.15, 0.2) is 0 Å². The third-order valence-electron chi connectivity index (χ3n) is 2.87. The quantitative estimate of drug-likeness (QED) is 0.801. The van der Waals surface area contributed by atoms with Crippen molar-refractivity contribution in [1.82, 2.24) is 0 Å². The SMILES string of the molecule is C=CC(C)(O)/C=C(/c1ccc(C)cc1)C(C)(C)O. The first-order valence-electron chi connectivity index (χ1n) is 6.04. The molecular formula is C16H22O2. The fraction of sp³-hybridized carbons (Fsp3) is 0.375. The fourth-order valence-corrected chi connectivity index (χ4v) is 1.70. The van der Waals surface area contributed by atoms with E-state index in [9.17, 15) is 10.2 Å². The molecule has 1 unspecified atom stereocenters. The Labute approximate surface area is 109 Å². The van der Waals surface area contributed by atoms with Gasteiger partial charge < -0.3 is 10.2 Å². The minimum Gasteiger partial charge on any atom is -0.386 e. The van der Waals surface area contributed by atoms with Gasteiger partial charge in [0.05, 0.1) is 11.2 Å². The van der Waals surface area contributed by atoms with Crippen molar-refractivity contribution in [3.8, 4) is 0 Å². The van der Waals surface area contributed by atoms with Gasteiger partial charge in [0.2, 0.25) is 0 Å². The number of hydrogen-bond donors (Lipinski definition) is 2. The molecule has 0 aliphatic rings. The maximum Gasteiger partial charge on any atom is 0.0984 e. The average Bonchev–Trinajstić information content (AvgIpc) is 2.26. The van der Waals surface area contributed by atoms with E-state index in [0.717, 1.165) is 11.1 Å². The van der Waals surface area contributed by atoms with E-state index >= 15 is 0 Å². The molecule has 0 aliphatic heterocycles. The number of aliphatic hydroxyl groups is 2. The lowest BCUT2D eigenvalue weighted by Crippen LogP contribution is -2.26. The highest BCUT2D eigenvalue weighted by Gasteiger charge is 2.24. The molecule has 0 amide bonds. The Hall–Kier alpha value is -1.38. The molecule has 1 aromatic carbocycles. The van der Waals surface area contributed by atoms with E-state index < -0.39 is 11.2 Å². The highest BCUT2D eigenvalue weighted by molar-refractivity contribution is 5.72. The minimum atomic E-state index is -1.14. The first kappa shape index (κ1) is 14.7. The van der Waals surface area contributed by atoms with Gasteiger partial charge in [-0.25, -0.2) is 0 Å². The topological polar surface area (TPSA) is 40.5 Å². The van der Waals surface area contributed by atoms with Gasteiger partial charge in [-0.05, 0) is 44.9 Å². The molecule has 0 fully saturated rings. The molecule has 0 saturated carbocycles. The van der Waals surface area contributed by atoms with Crippen LogP contribution >= 0.6 is 0 Å². The highest BCUT2D eigenvalue weighted by atomic mass is 16.3. The van der Waals surface area contributed by atoms with Gasteiger partial charge >= 0.3 is 0 Å². The lowest BCUT2D eigenvalue weighted by molar-refractivity contribution is 0.135. The maximum absolute atomic E-state index is 10.2. The van der Waals surface area contributed by atoms with Crippen LogP contribution in [-0.4, -0.2) is 21.4 Å². The Morgan fingerprint density at radius 2 is 1.61 bits per heavy atom. The van der Waals surface area contributed by atoms with Crippen LogP contribution in [-0.2, 0) is 0 Å². The summed E-state index contributed by atoms with van der Waals surface area (Å²) in [7, 11) is 0. The van der Waals surface area contributed by atoms with Gasteiger partial charge in [0.1, 0.15) is 0 Å². The summed E-state index contributed by atoms with van der Waals surface area (Å²) in [5, 5.41) is 20.3. The van der Waals surface area contributed by atoms with Crippen molar-refractivity contribution in [1.29, 1.82) is 0 Å². The Bertz CT molecular complexity index is 445. The van der Waals surface area contributed by atoms with Crippen LogP contribution in [0.1, 0.15) is 31.9 Å². The van der Waals surface area contributed by atoms with E-state index in [1.165, 1.54) is 6.08 Å². The van der Waals surface area contributed by atoms with Crippen LogP contribution in [0.15, 0.2) is 43.0 Å². The largest absolute Gasteiger partial charge is 0.386 e. The van der Waals surface area contributed by atoms with Crippen molar-refractivity contribution < 1.29 is 10.2 Å². The van der Waals surface area contributed by atoms with Crippen LogP contribution in [0.25, 0.3) is 5.57 Å². The van der Waals surface area contributed by atoms with Crippen LogP contribution in [0, 0.1) is 6.92 Å². The second-order valence-corrected chi connectivity index (χ2v) is 5.41. The lowest BCUT2D eigenvalue weighted by atomic mass is 9.87. The maximum atomic E-state index is 10.2. The van der Waals surface area contributed by atoms with Gasteiger partial charge in [0, 0.05) is 0 Å². The van der Waals surface area contributed by atoms with Crippen molar-refractivity contribution in [3.05, 3.63) is 54.1 Å². The molecule has 1 atom stereocenters. The Balaban J connectivity index is 3.32. The van der Waals surface area contributed by atoms with Crippen molar-refractivity contribution >= 4 is 5.57 Å². The smallest absolute Gasteiger partial charge is 0.0984 e. The van der Waals surface area contributed by atoms with Crippen molar-refractivity contribution in [2.24, 2.45) is 0 Å². The van der Waals surface area contributed by atoms with Gasteiger partial charge in [-0.3, -0.25) is 0 Å². The second-order valence-electron chi connectivity index (χ2n) is 5.41. The van der Waals surface area contributed by atoms with E-state index in [4.69, 9.17) is 0 Å². The first-order chi connectivity index (χ1) is 8.15. The number of rotatable bonds is 4. The van der Waals surface area contributed by atoms with Crippen LogP contribution in [0.3, 0.4) is 0 Å². The van der Waals surface area contributed by atoms with Crippen LogP contribution in [0.5, 0.6) is 0 Å². The van der Waals surface area contributed by atoms with E-state index in [2.05, 4.69) is 6.58 Å². The van der Waals surface area contributed by atoms with Crippen LogP contribution in [0.4, 0.5) is 0 Å². The van der Waals surface area contributed by atoms with Gasteiger partial charge in [-0.2, -0.15) is 0 Å². The summed E-state index contributed by atoms with van der Waals surface area (Å²) >= 11 is 0. The molecular weight excluding hydrogens is 224 g/mol. The van der Waals surface area contributed by atoms with Crippen molar-refractivity contribution in [2.75, 3.05) is 0 Å². The Morgan fingerprint density at radius 3 is 2.00 bits per heavy atom. The number of hydrogen-bond acceptors (Lipinski definition) is 2. The molecule has 0 aliphatic carbocycles. The predicted octanol–water partition coefficient (Wildman–Crippen LogP) is 3.09. The molecule has 2 N–H and O–H groups in total. The molecule has 1 rings (SSSR count). The van der Waals surface area contributed by atoms with Crippen LogP contribution < -0.4 is 0 Å². The third-order valence-corrected chi connectivity index (χ3v) is 2.87. The summed E-state index contributed by atoms with van der Waals surface area (Å²) < 4.78 is 0. The zero-order valence-electron chi connectivity index (χ0n) is 11.6. The Morgan fingerprint density at radius 1 is 1.11 bits per heavy atom. The lowest BCUT2D eigenvalue weighted by Gasteiger charge is -2.26. The molecule has 0 heterocycles. The summed E-state index contributed by atoms with van der Waals surface area (Å²) in [5.74, 6) is 0. The van der Waals surface area contributed by atoms with Crippen molar-refractivity contribution in [2.45, 2.75) is 38.9 Å². The number of benzene rings is 1. The van der Waals surface area contributed by atoms with E-state index in [1.54, 1.807) is 26.8 Å². The molecule has 18 heavy (non-hydrogen) atoms. The highest BCUT2D eigenvalue weighted by Crippen LogP contribution is 2.29. The van der Waals surface area contributed by atoms with Crippen LogP contribution in [0.2, 0.25) is 0 Å². The number of aryl methyl sites for hydroxylation is 1. The molecule has 2 heteroatoms. The molecule has 0 spiro atoms. The van der Waals surface area contributed by atoms with Gasteiger partial charge in [0.25, 0.3) is 0 Å². The third kappa shape index (κ3) is 3.83. The first-order valence-corrected chi connectivity index (χ1v) is 6.04. The van der Waals surface area contributed by atoms with E-state index in [0.29, 0.717) is 5.57 Å². The molecule has 0 saturated heterocycles. The molecule has 0 aromatic heterocycles. The summed E-state index contributed by atoms with van der Waals surface area (Å²) in [4.78, 5) is 0. The fourth-order valence-electron chi connectivity index (χ4n) is 1.70. The van der Waals surface area contributed by atoms with E-state index in [-0.39, 0.29) is 0 Å². The second kappa shape index (κ2) is 5.09. The molecule has 0 bridgehead atoms. The summed E-state index contributed by atoms with van der Waals surface area (Å²) in [5.41, 5.74) is 0.578. The standard InChI is InChI=1S/C16H22O2/c1-6-16(5,18)11-14(15(3,4)17)13-9-7-12(2)8-10-13/h6-11,17-18H,1H2,2-5H3/b14-11-. The molecule has 0 radical (unpaired) electrons. The van der Waals surface area contributed by atoms with Crippen molar-refractivity contribution in [3.63, 3.8) is 0 Å². The minimum absolute atomic E-state index is 0.687. The molecule has 1 aromatic rings. The normalized spacial score (nSPS) is 16.2. The predicted molar refractivity (Wildman–Crippen MR) is 76.3 cm³/mol. The zero-order chi connectivity index (χ0) is 14.0. The molecule has 98 valence electrons. The van der Waals surface area contributed by atoms with Gasteiger partial charge in [-0.15, -0.1) is 0 Å². The average molecular weight is 246 g/mol. The van der Waals surface area contributed by atoms with Gasteiger partial charge in [-0.1, -0.05) is 42.5 Å². The van der Waals surface area contributed by atoms with E-state index in [1.807, 2.05) is 31.2 Å². The summed E-state index contributed by atoms with van der Waals surface area (Å²) in [6.07, 6.45) is 3.09. The summed E-state index contributed by atoms with van der Waals surface area (Å²) in [6, 6.07) is 7.85. The monoisotopic (exact) mass is 246 g/mol. The molecule has 2 nitrogen and oxygen atoms in total. The Kier molecular flexibility index (Phi) is 4.15.